The summed E-state index contributed by atoms with van der Waals surface area (Å²) < 4.78 is 0. The third-order valence-corrected chi connectivity index (χ3v) is 10.9. The molecule has 0 aromatic rings. The molecule has 0 fully saturated rings. The van der Waals surface area contributed by atoms with Crippen LogP contribution in [-0.2, 0) is 0 Å². The summed E-state index contributed by atoms with van der Waals surface area (Å²) in [6, 6.07) is 0.704. The minimum atomic E-state index is 0.352. The molecule has 0 aromatic heterocycles. The molecule has 0 aromatic carbocycles. The molecule has 0 aliphatic carbocycles. The molecule has 0 spiro atoms. The highest BCUT2D eigenvalue weighted by Gasteiger charge is 2.15. The molecule has 2 unspecified atom stereocenters. The van der Waals surface area contributed by atoms with Crippen molar-refractivity contribution in [2.24, 2.45) is 11.5 Å². The van der Waals surface area contributed by atoms with Crippen molar-refractivity contribution in [2.45, 2.75) is 193 Å². The zero-order chi connectivity index (χ0) is 36.6. The Kier molecular flexibility index (Phi) is 42.6. The molecule has 0 bridgehead atoms. The van der Waals surface area contributed by atoms with E-state index in [1.54, 1.807) is 0 Å². The maximum Gasteiger partial charge on any atom is 0.0318 e. The van der Waals surface area contributed by atoms with E-state index in [0.29, 0.717) is 25.2 Å². The van der Waals surface area contributed by atoms with Gasteiger partial charge in [0.15, 0.2) is 0 Å². The topological polar surface area (TPSA) is 82.6 Å². The van der Waals surface area contributed by atoms with E-state index >= 15 is 0 Å². The molecular formula is C42H92N6S2. The van der Waals surface area contributed by atoms with Crippen molar-refractivity contribution < 1.29 is 0 Å². The standard InChI is InChI=1S/C42H92N6S2/c1-3-5-7-9-11-13-15-17-19-21-23-25-31-47(39-41(37-43)45-29-35-49)33-27-28-34-48(40-42(38-44)46-30-36-50)32-26-24-22-20-18-16-14-12-10-8-6-4-2/h41-42,45-46,49-50H,3-40,43-44H2,1-2H3. The second-order valence-corrected chi connectivity index (χ2v) is 16.2. The number of nitrogens with two attached hydrogens (primary N) is 2. The van der Waals surface area contributed by atoms with Crippen LogP contribution in [0.1, 0.15) is 181 Å². The van der Waals surface area contributed by atoms with Crippen molar-refractivity contribution in [1.29, 1.82) is 0 Å². The van der Waals surface area contributed by atoms with E-state index in [1.807, 2.05) is 0 Å². The fourth-order valence-corrected chi connectivity index (χ4v) is 7.48. The molecule has 8 heteroatoms. The predicted molar refractivity (Wildman–Crippen MR) is 234 cm³/mol. The average Bonchev–Trinajstić information content (AvgIpc) is 3.13. The van der Waals surface area contributed by atoms with E-state index in [0.717, 1.165) is 37.7 Å². The van der Waals surface area contributed by atoms with Gasteiger partial charge in [0.25, 0.3) is 0 Å². The first-order chi connectivity index (χ1) is 24.6. The van der Waals surface area contributed by atoms with Crippen LogP contribution >= 0.6 is 25.3 Å². The van der Waals surface area contributed by atoms with E-state index in [4.69, 9.17) is 11.5 Å². The number of thiol groups is 2. The summed E-state index contributed by atoms with van der Waals surface area (Å²) >= 11 is 8.84. The largest absolute Gasteiger partial charge is 0.329 e. The molecular weight excluding hydrogens is 653 g/mol. The molecule has 6 nitrogen and oxygen atoms in total. The van der Waals surface area contributed by atoms with Gasteiger partial charge in [-0.1, -0.05) is 155 Å². The summed E-state index contributed by atoms with van der Waals surface area (Å²) in [4.78, 5) is 5.40. The van der Waals surface area contributed by atoms with Crippen molar-refractivity contribution in [3.63, 3.8) is 0 Å². The average molecular weight is 745 g/mol. The van der Waals surface area contributed by atoms with E-state index in [1.165, 1.54) is 193 Å². The van der Waals surface area contributed by atoms with Crippen LogP contribution < -0.4 is 22.1 Å². The molecule has 0 radical (unpaired) electrons. The maximum absolute atomic E-state index is 6.20. The highest BCUT2D eigenvalue weighted by atomic mass is 32.1. The van der Waals surface area contributed by atoms with Gasteiger partial charge in [-0.2, -0.15) is 25.3 Å². The van der Waals surface area contributed by atoms with E-state index < -0.39 is 0 Å². The highest BCUT2D eigenvalue weighted by molar-refractivity contribution is 7.80. The van der Waals surface area contributed by atoms with Gasteiger partial charge in [-0.3, -0.25) is 0 Å². The Balaban J connectivity index is 4.61. The van der Waals surface area contributed by atoms with Crippen LogP contribution in [0, 0.1) is 0 Å². The lowest BCUT2D eigenvalue weighted by Gasteiger charge is -2.29. The number of unbranched alkanes of at least 4 members (excludes halogenated alkanes) is 23. The third-order valence-electron chi connectivity index (χ3n) is 10.5. The molecule has 0 amide bonds. The SMILES string of the molecule is CCCCCCCCCCCCCCN(CCCCN(CCCCCCCCCCCCCC)CC(CN)NCCS)CC(CN)NCCS. The quantitative estimate of drug-likeness (QED) is 0.0276. The first-order valence-corrected chi connectivity index (χ1v) is 23.4. The first-order valence-electron chi connectivity index (χ1n) is 22.2. The predicted octanol–water partition coefficient (Wildman–Crippen LogP) is 9.47. The molecule has 302 valence electrons. The van der Waals surface area contributed by atoms with E-state index in [2.05, 4.69) is 59.5 Å². The molecule has 0 heterocycles. The zero-order valence-electron chi connectivity index (χ0n) is 34.0. The van der Waals surface area contributed by atoms with Crippen LogP contribution in [0.3, 0.4) is 0 Å². The lowest BCUT2D eigenvalue weighted by molar-refractivity contribution is 0.211. The zero-order valence-corrected chi connectivity index (χ0v) is 35.8. The Hall–Kier alpha value is 0.460. The fraction of sp³-hybridized carbons (Fsp3) is 1.00. The van der Waals surface area contributed by atoms with Crippen LogP contribution in [-0.4, -0.2) is 98.8 Å². The molecule has 0 aliphatic heterocycles. The Morgan fingerprint density at radius 3 is 0.880 bits per heavy atom. The molecule has 6 N–H and O–H groups in total. The lowest BCUT2D eigenvalue weighted by atomic mass is 10.1. The molecule has 0 aliphatic rings. The number of rotatable bonds is 43. The van der Waals surface area contributed by atoms with Gasteiger partial charge >= 0.3 is 0 Å². The molecule has 0 saturated carbocycles. The smallest absolute Gasteiger partial charge is 0.0318 e. The van der Waals surface area contributed by atoms with Crippen LogP contribution in [0.25, 0.3) is 0 Å². The summed E-state index contributed by atoms with van der Waals surface area (Å²) in [5.41, 5.74) is 12.4. The van der Waals surface area contributed by atoms with Crippen LogP contribution in [0.2, 0.25) is 0 Å². The first kappa shape index (κ1) is 50.5. The summed E-state index contributed by atoms with van der Waals surface area (Å²) in [7, 11) is 0. The maximum atomic E-state index is 6.20. The van der Waals surface area contributed by atoms with Crippen molar-refractivity contribution in [1.82, 2.24) is 20.4 Å². The second kappa shape index (κ2) is 42.2. The minimum absolute atomic E-state index is 0.352. The van der Waals surface area contributed by atoms with Crippen LogP contribution in [0.15, 0.2) is 0 Å². The van der Waals surface area contributed by atoms with Gasteiger partial charge < -0.3 is 31.9 Å². The Morgan fingerprint density at radius 1 is 0.400 bits per heavy atom. The van der Waals surface area contributed by atoms with Crippen molar-refractivity contribution in [3.8, 4) is 0 Å². The summed E-state index contributed by atoms with van der Waals surface area (Å²) in [6.45, 7) is 14.7. The molecule has 0 rings (SSSR count). The molecule has 2 atom stereocenters. The van der Waals surface area contributed by atoms with Gasteiger partial charge in [-0.25, -0.2) is 0 Å². The van der Waals surface area contributed by atoms with Crippen LogP contribution in [0.5, 0.6) is 0 Å². The van der Waals surface area contributed by atoms with Gasteiger partial charge in [0, 0.05) is 62.9 Å². The van der Waals surface area contributed by atoms with Crippen molar-refractivity contribution in [3.05, 3.63) is 0 Å². The number of hydrogen-bond donors (Lipinski definition) is 6. The third kappa shape index (κ3) is 35.5. The summed E-state index contributed by atoms with van der Waals surface area (Å²) in [6.07, 6.45) is 36.1. The minimum Gasteiger partial charge on any atom is -0.329 e. The molecule has 0 saturated heterocycles. The fourth-order valence-electron chi connectivity index (χ4n) is 7.22. The van der Waals surface area contributed by atoms with Gasteiger partial charge in [0.2, 0.25) is 0 Å². The van der Waals surface area contributed by atoms with E-state index in [9.17, 15) is 0 Å². The Bertz CT molecular complexity index is 579. The summed E-state index contributed by atoms with van der Waals surface area (Å²) in [5.74, 6) is 1.72. The highest BCUT2D eigenvalue weighted by Crippen LogP contribution is 2.14. The summed E-state index contributed by atoms with van der Waals surface area (Å²) in [5, 5.41) is 7.26. The number of hydrogen-bond acceptors (Lipinski definition) is 8. The Morgan fingerprint density at radius 2 is 0.640 bits per heavy atom. The lowest BCUT2D eigenvalue weighted by Crippen LogP contribution is -2.47. The van der Waals surface area contributed by atoms with Gasteiger partial charge in [0.1, 0.15) is 0 Å². The number of nitrogens with zero attached hydrogens (tertiary/aromatic N) is 2. The monoisotopic (exact) mass is 745 g/mol. The van der Waals surface area contributed by atoms with Gasteiger partial charge in [-0.15, -0.1) is 0 Å². The second-order valence-electron chi connectivity index (χ2n) is 15.3. The van der Waals surface area contributed by atoms with Crippen molar-refractivity contribution in [2.75, 3.05) is 77.0 Å². The van der Waals surface area contributed by atoms with Crippen LogP contribution in [0.4, 0.5) is 0 Å². The molecule has 50 heavy (non-hydrogen) atoms. The normalized spacial score (nSPS) is 13.2. The van der Waals surface area contributed by atoms with Crippen molar-refractivity contribution >= 4 is 25.3 Å². The van der Waals surface area contributed by atoms with Gasteiger partial charge in [0.05, 0.1) is 0 Å². The number of nitrogens with one attached hydrogen (secondary N) is 2. The van der Waals surface area contributed by atoms with E-state index in [-0.39, 0.29) is 0 Å². The Labute approximate surface area is 325 Å². The van der Waals surface area contributed by atoms with Gasteiger partial charge in [-0.05, 0) is 51.9 Å².